The molecule has 0 atom stereocenters. The highest BCUT2D eigenvalue weighted by molar-refractivity contribution is 7.20. The molecule has 0 saturated carbocycles. The van der Waals surface area contributed by atoms with E-state index >= 15 is 0 Å². The predicted molar refractivity (Wildman–Crippen MR) is 90.6 cm³/mol. The lowest BCUT2D eigenvalue weighted by Crippen LogP contribution is -2.08. The van der Waals surface area contributed by atoms with E-state index in [4.69, 9.17) is 11.1 Å². The van der Waals surface area contributed by atoms with Crippen LogP contribution in [-0.4, -0.2) is 5.84 Å². The van der Waals surface area contributed by atoms with Crippen LogP contribution in [-0.2, 0) is 0 Å². The maximum atomic E-state index is 7.54. The molecule has 3 heteroatoms. The number of rotatable bonds is 7. The molecule has 0 aliphatic rings. The lowest BCUT2D eigenvalue weighted by atomic mass is 10.1. The van der Waals surface area contributed by atoms with E-state index in [9.17, 15) is 0 Å². The first-order valence-electron chi connectivity index (χ1n) is 7.26. The Hall–Kier alpha value is -1.61. The number of hydrogen-bond acceptors (Lipinski definition) is 2. The van der Waals surface area contributed by atoms with E-state index in [0.29, 0.717) is 0 Å². The van der Waals surface area contributed by atoms with Crippen LogP contribution < -0.4 is 5.73 Å². The Balaban J connectivity index is 2.09. The van der Waals surface area contributed by atoms with Crippen LogP contribution in [0.2, 0.25) is 0 Å². The molecule has 0 aliphatic heterocycles. The fourth-order valence-corrected chi connectivity index (χ4v) is 3.22. The number of hydrogen-bond donors (Lipinski definition) is 2. The molecule has 0 aliphatic carbocycles. The zero-order valence-electron chi connectivity index (χ0n) is 12.0. The van der Waals surface area contributed by atoms with Crippen LogP contribution >= 0.6 is 11.3 Å². The Labute approximate surface area is 124 Å². The van der Waals surface area contributed by atoms with Crippen molar-refractivity contribution in [3.8, 4) is 0 Å². The average Bonchev–Trinajstić information content (AvgIpc) is 2.87. The zero-order valence-corrected chi connectivity index (χ0v) is 12.8. The van der Waals surface area contributed by atoms with Gasteiger partial charge in [0, 0.05) is 10.1 Å². The average molecular weight is 286 g/mol. The molecule has 0 spiro atoms. The molecule has 0 unspecified atom stereocenters. The summed E-state index contributed by atoms with van der Waals surface area (Å²) in [6.45, 7) is 2.24. The molecule has 106 valence electrons. The Morgan fingerprint density at radius 1 is 1.30 bits per heavy atom. The quantitative estimate of drug-likeness (QED) is 0.412. The third kappa shape index (κ3) is 3.70. The first-order chi connectivity index (χ1) is 9.72. The molecule has 2 nitrogen and oxygen atoms in total. The number of nitrogens with two attached hydrogens (primary N) is 1. The van der Waals surface area contributed by atoms with Crippen LogP contribution in [0.1, 0.15) is 49.5 Å². The van der Waals surface area contributed by atoms with Gasteiger partial charge in [-0.1, -0.05) is 50.5 Å². The smallest absolute Gasteiger partial charge is 0.133 e. The number of unbranched alkanes of at least 4 members (excludes halogenated alkanes) is 4. The lowest BCUT2D eigenvalue weighted by Gasteiger charge is -1.97. The van der Waals surface area contributed by atoms with Crippen LogP contribution in [0.15, 0.2) is 30.3 Å². The fourth-order valence-electron chi connectivity index (χ4n) is 2.26. The van der Waals surface area contributed by atoms with E-state index in [1.54, 1.807) is 11.3 Å². The van der Waals surface area contributed by atoms with E-state index < -0.39 is 0 Å². The van der Waals surface area contributed by atoms with Gasteiger partial charge in [0.2, 0.25) is 0 Å². The number of thiophene rings is 1. The van der Waals surface area contributed by atoms with Crippen molar-refractivity contribution >= 4 is 33.3 Å². The van der Waals surface area contributed by atoms with E-state index in [1.165, 1.54) is 41.3 Å². The largest absolute Gasteiger partial charge is 0.383 e. The Bertz CT molecular complexity index is 610. The number of amidine groups is 1. The van der Waals surface area contributed by atoms with Crippen molar-refractivity contribution in [2.75, 3.05) is 0 Å². The summed E-state index contributed by atoms with van der Waals surface area (Å²) in [5, 5.41) is 8.74. The molecule has 0 radical (unpaired) electrons. The summed E-state index contributed by atoms with van der Waals surface area (Å²) in [6, 6.07) is 8.31. The SMILES string of the molecule is CCCCCCC=Cc1cccc2sc(C(=N)N)cc12. The highest BCUT2D eigenvalue weighted by Crippen LogP contribution is 2.29. The van der Waals surface area contributed by atoms with Crippen LogP contribution in [0.3, 0.4) is 0 Å². The Kier molecular flexibility index (Phi) is 5.36. The van der Waals surface area contributed by atoms with E-state index in [0.717, 1.165) is 11.3 Å². The molecule has 3 N–H and O–H groups in total. The Morgan fingerprint density at radius 2 is 2.15 bits per heavy atom. The van der Waals surface area contributed by atoms with Crippen molar-refractivity contribution < 1.29 is 0 Å². The third-order valence-electron chi connectivity index (χ3n) is 3.38. The summed E-state index contributed by atoms with van der Waals surface area (Å²) in [4.78, 5) is 0.851. The minimum Gasteiger partial charge on any atom is -0.383 e. The first kappa shape index (κ1) is 14.8. The van der Waals surface area contributed by atoms with Crippen molar-refractivity contribution in [3.05, 3.63) is 40.8 Å². The van der Waals surface area contributed by atoms with Gasteiger partial charge in [-0.05, 0) is 30.5 Å². The van der Waals surface area contributed by atoms with Crippen LogP contribution in [0.25, 0.3) is 16.2 Å². The number of nitrogens with one attached hydrogen (secondary N) is 1. The molecule has 1 aromatic heterocycles. The molecule has 0 amide bonds. The molecular weight excluding hydrogens is 264 g/mol. The van der Waals surface area contributed by atoms with Crippen molar-refractivity contribution in [1.29, 1.82) is 5.41 Å². The molecule has 2 aromatic rings. The van der Waals surface area contributed by atoms with Crippen molar-refractivity contribution in [1.82, 2.24) is 0 Å². The Morgan fingerprint density at radius 3 is 2.90 bits per heavy atom. The minimum atomic E-state index is 0.153. The second-order valence-electron chi connectivity index (χ2n) is 5.04. The summed E-state index contributed by atoms with van der Waals surface area (Å²) in [5.41, 5.74) is 6.80. The molecule has 2 rings (SSSR count). The van der Waals surface area contributed by atoms with Gasteiger partial charge in [0.25, 0.3) is 0 Å². The van der Waals surface area contributed by atoms with Gasteiger partial charge in [0.15, 0.2) is 0 Å². The molecule has 0 saturated heterocycles. The summed E-state index contributed by atoms with van der Waals surface area (Å²) in [7, 11) is 0. The number of nitrogen functional groups attached to an aromatic ring is 1. The fraction of sp³-hybridized carbons (Fsp3) is 0.353. The zero-order chi connectivity index (χ0) is 14.4. The van der Waals surface area contributed by atoms with Crippen molar-refractivity contribution in [2.45, 2.75) is 39.0 Å². The second-order valence-corrected chi connectivity index (χ2v) is 6.12. The van der Waals surface area contributed by atoms with E-state index in [1.807, 2.05) is 6.07 Å². The molecular formula is C17H22N2S. The van der Waals surface area contributed by atoms with Crippen molar-refractivity contribution in [2.24, 2.45) is 5.73 Å². The van der Waals surface area contributed by atoms with Gasteiger partial charge >= 0.3 is 0 Å². The topological polar surface area (TPSA) is 49.9 Å². The molecule has 1 heterocycles. The van der Waals surface area contributed by atoms with Gasteiger partial charge in [-0.2, -0.15) is 0 Å². The molecule has 20 heavy (non-hydrogen) atoms. The van der Waals surface area contributed by atoms with Crippen LogP contribution in [0.4, 0.5) is 0 Å². The van der Waals surface area contributed by atoms with Crippen LogP contribution in [0, 0.1) is 5.41 Å². The van der Waals surface area contributed by atoms with Gasteiger partial charge in [0.05, 0.1) is 4.88 Å². The molecule has 0 bridgehead atoms. The maximum Gasteiger partial charge on any atom is 0.133 e. The highest BCUT2D eigenvalue weighted by Gasteiger charge is 2.06. The third-order valence-corrected chi connectivity index (χ3v) is 4.52. The highest BCUT2D eigenvalue weighted by atomic mass is 32.1. The summed E-state index contributed by atoms with van der Waals surface area (Å²) < 4.78 is 1.20. The van der Waals surface area contributed by atoms with Gasteiger partial charge in [-0.25, -0.2) is 0 Å². The van der Waals surface area contributed by atoms with Gasteiger partial charge < -0.3 is 5.73 Å². The number of benzene rings is 1. The summed E-state index contributed by atoms with van der Waals surface area (Å²) in [6.07, 6.45) is 10.8. The first-order valence-corrected chi connectivity index (χ1v) is 8.07. The normalized spacial score (nSPS) is 11.4. The van der Waals surface area contributed by atoms with E-state index in [2.05, 4.69) is 37.3 Å². The van der Waals surface area contributed by atoms with Gasteiger partial charge in [-0.3, -0.25) is 5.41 Å². The number of fused-ring (bicyclic) bond motifs is 1. The van der Waals surface area contributed by atoms with Crippen molar-refractivity contribution in [3.63, 3.8) is 0 Å². The second kappa shape index (κ2) is 7.25. The van der Waals surface area contributed by atoms with Crippen LogP contribution in [0.5, 0.6) is 0 Å². The maximum absolute atomic E-state index is 7.54. The summed E-state index contributed by atoms with van der Waals surface area (Å²) in [5.74, 6) is 0.153. The monoisotopic (exact) mass is 286 g/mol. The predicted octanol–water partition coefficient (Wildman–Crippen LogP) is 5.17. The summed E-state index contributed by atoms with van der Waals surface area (Å²) >= 11 is 1.59. The minimum absolute atomic E-state index is 0.153. The van der Waals surface area contributed by atoms with Gasteiger partial charge in [-0.15, -0.1) is 11.3 Å². The molecule has 1 aromatic carbocycles. The lowest BCUT2D eigenvalue weighted by molar-refractivity contribution is 0.675. The number of allylic oxidation sites excluding steroid dienone is 1. The van der Waals surface area contributed by atoms with Gasteiger partial charge in [0.1, 0.15) is 5.84 Å². The standard InChI is InChI=1S/C17H22N2S/c1-2-3-4-5-6-7-9-13-10-8-11-15-14(13)12-16(20-15)17(18)19/h7-12H,2-6H2,1H3,(H3,18,19). The van der Waals surface area contributed by atoms with E-state index in [-0.39, 0.29) is 5.84 Å². The molecule has 0 fully saturated rings.